The third kappa shape index (κ3) is 3.88. The van der Waals surface area contributed by atoms with Gasteiger partial charge in [0.15, 0.2) is 0 Å². The molecule has 1 aliphatic carbocycles. The molecule has 0 spiro atoms. The Hall–Kier alpha value is -1.94. The van der Waals surface area contributed by atoms with Crippen molar-refractivity contribution in [2.45, 2.75) is 32.6 Å². The first kappa shape index (κ1) is 15.9. The van der Waals surface area contributed by atoms with Crippen LogP contribution in [0.25, 0.3) is 0 Å². The number of carbonyl (C=O) groups is 1. The van der Waals surface area contributed by atoms with Crippen LogP contribution in [0, 0.1) is 0 Å². The molecule has 23 heavy (non-hydrogen) atoms. The molecule has 1 amide bonds. The first-order chi connectivity index (χ1) is 11.1. The molecule has 2 aromatic rings. The number of amides is 1. The normalized spacial score (nSPS) is 14.3. The van der Waals surface area contributed by atoms with Crippen molar-refractivity contribution in [3.8, 4) is 0 Å². The van der Waals surface area contributed by atoms with Gasteiger partial charge in [0.25, 0.3) is 5.91 Å². The number of hydrogen-bond acceptors (Lipinski definition) is 2. The van der Waals surface area contributed by atoms with Crippen molar-refractivity contribution in [1.29, 1.82) is 0 Å². The zero-order chi connectivity index (χ0) is 16.2. The molecule has 0 unspecified atom stereocenters. The van der Waals surface area contributed by atoms with E-state index in [9.17, 15) is 4.79 Å². The fraction of sp³-hybridized carbons (Fsp3) is 0.263. The van der Waals surface area contributed by atoms with E-state index in [4.69, 9.17) is 0 Å². The second-order valence-corrected chi connectivity index (χ2v) is 6.75. The Bertz CT molecular complexity index is 750. The number of carbonyl (C=O) groups excluding carboxylic acids is 1. The Morgan fingerprint density at radius 1 is 1.00 bits per heavy atom. The zero-order valence-electron chi connectivity index (χ0n) is 13.1. The lowest BCUT2D eigenvalue weighted by atomic mass is 9.90. The molecule has 3 nitrogen and oxygen atoms in total. The fourth-order valence-electron chi connectivity index (χ4n) is 2.82. The minimum atomic E-state index is -0.199. The summed E-state index contributed by atoms with van der Waals surface area (Å²) in [5.74, 6) is -0.199. The largest absolute Gasteiger partial charge is 0.271 e. The Morgan fingerprint density at radius 2 is 1.65 bits per heavy atom. The summed E-state index contributed by atoms with van der Waals surface area (Å²) in [6.07, 6.45) is 4.85. The summed E-state index contributed by atoms with van der Waals surface area (Å²) in [7, 11) is 0. The molecule has 0 bridgehead atoms. The summed E-state index contributed by atoms with van der Waals surface area (Å²) in [5.41, 5.74) is 7.99. The lowest BCUT2D eigenvalue weighted by Gasteiger charge is -2.16. The lowest BCUT2D eigenvalue weighted by Crippen LogP contribution is -2.19. The molecule has 3 rings (SSSR count). The summed E-state index contributed by atoms with van der Waals surface area (Å²) in [4.78, 5) is 12.1. The predicted molar refractivity (Wildman–Crippen MR) is 96.9 cm³/mol. The topological polar surface area (TPSA) is 41.5 Å². The summed E-state index contributed by atoms with van der Waals surface area (Å²) in [5, 5.41) is 4.25. The van der Waals surface area contributed by atoms with Crippen LogP contribution in [0.4, 0.5) is 0 Å². The highest BCUT2D eigenvalue weighted by Crippen LogP contribution is 2.22. The number of nitrogens with zero attached hydrogens (tertiary/aromatic N) is 1. The Balaban J connectivity index is 1.72. The van der Waals surface area contributed by atoms with Crippen molar-refractivity contribution < 1.29 is 4.79 Å². The molecule has 0 saturated carbocycles. The smallest absolute Gasteiger partial charge is 0.267 e. The molecule has 0 aliphatic heterocycles. The highest BCUT2D eigenvalue weighted by atomic mass is 79.9. The zero-order valence-corrected chi connectivity index (χ0v) is 14.7. The molecule has 0 saturated heterocycles. The predicted octanol–water partition coefficient (Wildman–Crippen LogP) is 4.48. The number of benzene rings is 2. The van der Waals surface area contributed by atoms with Gasteiger partial charge in [-0.15, -0.1) is 0 Å². The Kier molecular flexibility index (Phi) is 4.91. The highest BCUT2D eigenvalue weighted by molar-refractivity contribution is 9.10. The third-order valence-electron chi connectivity index (χ3n) is 4.20. The molecule has 0 heterocycles. The van der Waals surface area contributed by atoms with Gasteiger partial charge in [-0.2, -0.15) is 5.10 Å². The SMILES string of the molecule is C/C(=N\NC(=O)c1ccc(Br)cc1)c1ccc2c(c1)CCCC2. The van der Waals surface area contributed by atoms with Crippen LogP contribution in [0.5, 0.6) is 0 Å². The number of fused-ring (bicyclic) bond motifs is 1. The van der Waals surface area contributed by atoms with Crippen molar-refractivity contribution in [3.63, 3.8) is 0 Å². The van der Waals surface area contributed by atoms with Crippen molar-refractivity contribution in [1.82, 2.24) is 5.43 Å². The minimum absolute atomic E-state index is 0.199. The van der Waals surface area contributed by atoms with Gasteiger partial charge in [0.2, 0.25) is 0 Å². The Morgan fingerprint density at radius 3 is 2.39 bits per heavy atom. The maximum atomic E-state index is 12.1. The van der Waals surface area contributed by atoms with Crippen molar-refractivity contribution >= 4 is 27.5 Å². The van der Waals surface area contributed by atoms with Gasteiger partial charge in [0, 0.05) is 10.0 Å². The number of hydrazone groups is 1. The molecule has 0 atom stereocenters. The maximum absolute atomic E-state index is 12.1. The summed E-state index contributed by atoms with van der Waals surface area (Å²) in [6.45, 7) is 1.92. The first-order valence-electron chi connectivity index (χ1n) is 7.86. The molecule has 2 aromatic carbocycles. The third-order valence-corrected chi connectivity index (χ3v) is 4.73. The standard InChI is InChI=1S/C19H19BrN2O/c1-13(16-7-6-14-4-2-3-5-17(14)12-16)21-22-19(23)15-8-10-18(20)11-9-15/h6-12H,2-5H2,1H3,(H,22,23)/b21-13+. The Labute approximate surface area is 144 Å². The molecular weight excluding hydrogens is 352 g/mol. The summed E-state index contributed by atoms with van der Waals surface area (Å²) >= 11 is 3.36. The van der Waals surface area contributed by atoms with Crippen LogP contribution in [-0.4, -0.2) is 11.6 Å². The average molecular weight is 371 g/mol. The van der Waals surface area contributed by atoms with Crippen LogP contribution >= 0.6 is 15.9 Å². The summed E-state index contributed by atoms with van der Waals surface area (Å²) in [6, 6.07) is 13.7. The number of nitrogens with one attached hydrogen (secondary N) is 1. The van der Waals surface area contributed by atoms with Crippen molar-refractivity contribution in [2.24, 2.45) is 5.10 Å². The van der Waals surface area contributed by atoms with Gasteiger partial charge in [0.05, 0.1) is 5.71 Å². The van der Waals surface area contributed by atoms with Gasteiger partial charge in [-0.3, -0.25) is 4.79 Å². The van der Waals surface area contributed by atoms with Gasteiger partial charge in [-0.25, -0.2) is 5.43 Å². The van der Waals surface area contributed by atoms with E-state index in [0.717, 1.165) is 22.2 Å². The quantitative estimate of drug-likeness (QED) is 0.627. The second-order valence-electron chi connectivity index (χ2n) is 5.84. The van der Waals surface area contributed by atoms with E-state index in [1.165, 1.54) is 30.4 Å². The number of halogens is 1. The maximum Gasteiger partial charge on any atom is 0.271 e. The van der Waals surface area contributed by atoms with Crippen LogP contribution in [-0.2, 0) is 12.8 Å². The molecule has 4 heteroatoms. The van der Waals surface area contributed by atoms with Crippen LogP contribution < -0.4 is 5.43 Å². The van der Waals surface area contributed by atoms with Crippen LogP contribution in [0.3, 0.4) is 0 Å². The van der Waals surface area contributed by atoms with Crippen molar-refractivity contribution in [2.75, 3.05) is 0 Å². The molecular formula is C19H19BrN2O. The van der Waals surface area contributed by atoms with E-state index in [1.807, 2.05) is 19.1 Å². The molecule has 1 aliphatic rings. The fourth-order valence-corrected chi connectivity index (χ4v) is 3.09. The van der Waals surface area contributed by atoms with E-state index in [0.29, 0.717) is 5.56 Å². The van der Waals surface area contributed by atoms with Gasteiger partial charge < -0.3 is 0 Å². The number of aryl methyl sites for hydroxylation is 2. The lowest BCUT2D eigenvalue weighted by molar-refractivity contribution is 0.0955. The monoisotopic (exact) mass is 370 g/mol. The number of hydrogen-bond donors (Lipinski definition) is 1. The van der Waals surface area contributed by atoms with Crippen LogP contribution in [0.15, 0.2) is 52.0 Å². The van der Waals surface area contributed by atoms with E-state index >= 15 is 0 Å². The van der Waals surface area contributed by atoms with E-state index in [2.05, 4.69) is 44.7 Å². The van der Waals surface area contributed by atoms with Crippen LogP contribution in [0.1, 0.15) is 46.8 Å². The molecule has 118 valence electrons. The molecule has 0 aromatic heterocycles. The van der Waals surface area contributed by atoms with E-state index in [-0.39, 0.29) is 5.91 Å². The van der Waals surface area contributed by atoms with Gasteiger partial charge in [0.1, 0.15) is 0 Å². The molecule has 0 fully saturated rings. The second kappa shape index (κ2) is 7.09. The van der Waals surface area contributed by atoms with Gasteiger partial charge in [-0.1, -0.05) is 28.1 Å². The van der Waals surface area contributed by atoms with E-state index in [1.54, 1.807) is 12.1 Å². The van der Waals surface area contributed by atoms with Crippen molar-refractivity contribution in [3.05, 3.63) is 69.2 Å². The first-order valence-corrected chi connectivity index (χ1v) is 8.65. The van der Waals surface area contributed by atoms with Gasteiger partial charge in [-0.05, 0) is 79.6 Å². The summed E-state index contributed by atoms with van der Waals surface area (Å²) < 4.78 is 0.947. The highest BCUT2D eigenvalue weighted by Gasteiger charge is 2.11. The van der Waals surface area contributed by atoms with E-state index < -0.39 is 0 Å². The van der Waals surface area contributed by atoms with Crippen LogP contribution in [0.2, 0.25) is 0 Å². The minimum Gasteiger partial charge on any atom is -0.267 e. The number of rotatable bonds is 3. The van der Waals surface area contributed by atoms with Gasteiger partial charge >= 0.3 is 0 Å². The molecule has 1 N–H and O–H groups in total. The molecule has 0 radical (unpaired) electrons. The average Bonchev–Trinajstić information content (AvgIpc) is 2.59.